The van der Waals surface area contributed by atoms with Gasteiger partial charge < -0.3 is 5.32 Å². The topological polar surface area (TPSA) is 75.3 Å². The first-order chi connectivity index (χ1) is 7.81. The summed E-state index contributed by atoms with van der Waals surface area (Å²) in [5.41, 5.74) is 0. The van der Waals surface area contributed by atoms with Crippen molar-refractivity contribution in [2.75, 3.05) is 0 Å². The van der Waals surface area contributed by atoms with Gasteiger partial charge in [-0.15, -0.1) is 0 Å². The molecule has 0 bridgehead atoms. The third-order valence-corrected chi connectivity index (χ3v) is 3.65. The van der Waals surface area contributed by atoms with Gasteiger partial charge in [0, 0.05) is 40.1 Å². The molecule has 2 N–H and O–H groups in total. The second-order valence-electron chi connectivity index (χ2n) is 3.69. The Bertz CT molecular complexity index is 502. The second-order valence-corrected chi connectivity index (χ2v) is 6.29. The molecule has 0 aromatic heterocycles. The SMILES string of the molecule is CC(C)NC(=O)NS(=O)(=O)c1ccc(Br)cc1.[Na]. The Balaban J connectivity index is 0.00000289. The number of urea groups is 1. The Labute approximate surface area is 137 Å². The number of carbonyl (C=O) groups excluding carboxylic acids is 1. The zero-order chi connectivity index (χ0) is 13.1. The molecular formula is C10H13BrN2NaO3S. The Morgan fingerprint density at radius 2 is 1.72 bits per heavy atom. The molecule has 0 heterocycles. The molecule has 18 heavy (non-hydrogen) atoms. The maximum atomic E-state index is 11.7. The first kappa shape index (κ1) is 17.9. The number of nitrogens with one attached hydrogen (secondary N) is 2. The van der Waals surface area contributed by atoms with Gasteiger partial charge in [-0.1, -0.05) is 15.9 Å². The van der Waals surface area contributed by atoms with Crippen LogP contribution in [0.2, 0.25) is 0 Å². The number of hydrogen-bond donors (Lipinski definition) is 2. The first-order valence-electron chi connectivity index (χ1n) is 4.90. The Morgan fingerprint density at radius 3 is 2.17 bits per heavy atom. The summed E-state index contributed by atoms with van der Waals surface area (Å²) < 4.78 is 26.2. The first-order valence-corrected chi connectivity index (χ1v) is 7.18. The Kier molecular flexibility index (Phi) is 7.46. The molecule has 5 nitrogen and oxygen atoms in total. The van der Waals surface area contributed by atoms with Gasteiger partial charge in [0.2, 0.25) is 0 Å². The molecule has 0 saturated carbocycles. The molecule has 0 aliphatic carbocycles. The van der Waals surface area contributed by atoms with Crippen molar-refractivity contribution < 1.29 is 13.2 Å². The minimum Gasteiger partial charge on any atom is -0.335 e. The molecule has 0 atom stereocenters. The summed E-state index contributed by atoms with van der Waals surface area (Å²) in [6.07, 6.45) is 0. The van der Waals surface area contributed by atoms with Crippen LogP contribution in [0.1, 0.15) is 13.8 Å². The molecular weight excluding hydrogens is 331 g/mol. The number of amides is 2. The van der Waals surface area contributed by atoms with E-state index in [-0.39, 0.29) is 40.5 Å². The van der Waals surface area contributed by atoms with Crippen molar-refractivity contribution >= 4 is 61.5 Å². The molecule has 1 aromatic rings. The number of halogens is 1. The van der Waals surface area contributed by atoms with Crippen LogP contribution in [0.5, 0.6) is 0 Å². The maximum absolute atomic E-state index is 11.7. The fraction of sp³-hybridized carbons (Fsp3) is 0.300. The van der Waals surface area contributed by atoms with Crippen molar-refractivity contribution in [3.63, 3.8) is 0 Å². The van der Waals surface area contributed by atoms with Crippen LogP contribution in [0.4, 0.5) is 4.79 Å². The molecule has 8 heteroatoms. The summed E-state index contributed by atoms with van der Waals surface area (Å²) in [4.78, 5) is 11.3. The van der Waals surface area contributed by atoms with E-state index in [9.17, 15) is 13.2 Å². The van der Waals surface area contributed by atoms with Crippen LogP contribution in [0, 0.1) is 0 Å². The van der Waals surface area contributed by atoms with E-state index in [1.165, 1.54) is 12.1 Å². The van der Waals surface area contributed by atoms with Gasteiger partial charge >= 0.3 is 6.03 Å². The molecule has 0 saturated heterocycles. The zero-order valence-corrected chi connectivity index (χ0v) is 14.8. The largest absolute Gasteiger partial charge is 0.335 e. The third-order valence-electron chi connectivity index (χ3n) is 1.77. The summed E-state index contributed by atoms with van der Waals surface area (Å²) in [5.74, 6) is 0. The van der Waals surface area contributed by atoms with Gasteiger partial charge in [0.25, 0.3) is 10.0 Å². The van der Waals surface area contributed by atoms with Gasteiger partial charge in [-0.2, -0.15) is 0 Å². The molecule has 0 aliphatic rings. The van der Waals surface area contributed by atoms with E-state index in [1.807, 2.05) is 4.72 Å². The van der Waals surface area contributed by atoms with Gasteiger partial charge in [0.1, 0.15) is 0 Å². The van der Waals surface area contributed by atoms with Crippen LogP contribution >= 0.6 is 15.9 Å². The fourth-order valence-electron chi connectivity index (χ4n) is 1.09. The molecule has 0 spiro atoms. The van der Waals surface area contributed by atoms with Crippen molar-refractivity contribution in [2.24, 2.45) is 0 Å². The average Bonchev–Trinajstić information content (AvgIpc) is 2.15. The number of sulfonamides is 1. The summed E-state index contributed by atoms with van der Waals surface area (Å²) in [6.45, 7) is 3.48. The van der Waals surface area contributed by atoms with Crippen LogP contribution < -0.4 is 10.0 Å². The number of rotatable bonds is 3. The van der Waals surface area contributed by atoms with Crippen LogP contribution in [-0.2, 0) is 10.0 Å². The number of carbonyl (C=O) groups is 1. The molecule has 0 unspecified atom stereocenters. The van der Waals surface area contributed by atoms with Crippen molar-refractivity contribution in [3.8, 4) is 0 Å². The molecule has 1 aromatic carbocycles. The smallest absolute Gasteiger partial charge is 0.328 e. The van der Waals surface area contributed by atoms with Crippen LogP contribution in [-0.4, -0.2) is 50.0 Å². The van der Waals surface area contributed by atoms with Crippen molar-refractivity contribution in [1.29, 1.82) is 0 Å². The van der Waals surface area contributed by atoms with Gasteiger partial charge in [0.05, 0.1) is 4.90 Å². The van der Waals surface area contributed by atoms with Crippen molar-refractivity contribution in [2.45, 2.75) is 24.8 Å². The summed E-state index contributed by atoms with van der Waals surface area (Å²) in [5, 5.41) is 2.44. The summed E-state index contributed by atoms with van der Waals surface area (Å²) in [7, 11) is -3.80. The summed E-state index contributed by atoms with van der Waals surface area (Å²) in [6, 6.07) is 5.14. The Morgan fingerprint density at radius 1 is 1.22 bits per heavy atom. The number of hydrogen-bond acceptors (Lipinski definition) is 3. The molecule has 0 fully saturated rings. The van der Waals surface area contributed by atoms with Crippen LogP contribution in [0.25, 0.3) is 0 Å². The van der Waals surface area contributed by atoms with E-state index < -0.39 is 16.1 Å². The van der Waals surface area contributed by atoms with Crippen LogP contribution in [0.3, 0.4) is 0 Å². The van der Waals surface area contributed by atoms with E-state index in [0.717, 1.165) is 4.47 Å². The van der Waals surface area contributed by atoms with Crippen molar-refractivity contribution in [1.82, 2.24) is 10.0 Å². The van der Waals surface area contributed by atoms with E-state index >= 15 is 0 Å². The third kappa shape index (κ3) is 5.71. The summed E-state index contributed by atoms with van der Waals surface area (Å²) >= 11 is 3.20. The van der Waals surface area contributed by atoms with Gasteiger partial charge in [-0.05, 0) is 38.1 Å². The van der Waals surface area contributed by atoms with Gasteiger partial charge in [0.15, 0.2) is 0 Å². The number of benzene rings is 1. The molecule has 1 radical (unpaired) electrons. The second kappa shape index (κ2) is 7.49. The molecule has 95 valence electrons. The van der Waals surface area contributed by atoms with Gasteiger partial charge in [-0.3, -0.25) is 0 Å². The minimum atomic E-state index is -3.80. The van der Waals surface area contributed by atoms with E-state index in [2.05, 4.69) is 21.2 Å². The van der Waals surface area contributed by atoms with Crippen LogP contribution in [0.15, 0.2) is 33.6 Å². The quantitative estimate of drug-likeness (QED) is 0.816. The fourth-order valence-corrected chi connectivity index (χ4v) is 2.27. The molecule has 1 rings (SSSR count). The van der Waals surface area contributed by atoms with Crippen molar-refractivity contribution in [3.05, 3.63) is 28.7 Å². The minimum absolute atomic E-state index is 0. The molecule has 2 amide bonds. The normalized spacial score (nSPS) is 10.7. The van der Waals surface area contributed by atoms with E-state index in [0.29, 0.717) is 0 Å². The average molecular weight is 344 g/mol. The predicted molar refractivity (Wildman–Crippen MR) is 73.9 cm³/mol. The van der Waals surface area contributed by atoms with E-state index in [4.69, 9.17) is 0 Å². The zero-order valence-electron chi connectivity index (χ0n) is 10.4. The maximum Gasteiger partial charge on any atom is 0.328 e. The van der Waals surface area contributed by atoms with Gasteiger partial charge in [-0.25, -0.2) is 17.9 Å². The monoisotopic (exact) mass is 343 g/mol. The predicted octanol–water partition coefficient (Wildman–Crippen LogP) is 1.46. The molecule has 0 aliphatic heterocycles. The van der Waals surface area contributed by atoms with E-state index in [1.54, 1.807) is 26.0 Å². The Hall–Kier alpha value is -0.0800. The standard InChI is InChI=1S/C10H13BrN2O3S.Na/c1-7(2)12-10(14)13-17(15,16)9-5-3-8(11)4-6-9;/h3-7H,1-2H3,(H2,12,13,14);.